The van der Waals surface area contributed by atoms with Gasteiger partial charge in [0.1, 0.15) is 13.2 Å². The van der Waals surface area contributed by atoms with Crippen molar-refractivity contribution in [3.63, 3.8) is 0 Å². The monoisotopic (exact) mass is 415 g/mol. The van der Waals surface area contributed by atoms with Crippen LogP contribution in [0.4, 0.5) is 0 Å². The predicted molar refractivity (Wildman–Crippen MR) is 122 cm³/mol. The second-order valence-corrected chi connectivity index (χ2v) is 6.52. The Bertz CT molecular complexity index is 1050. The van der Waals surface area contributed by atoms with E-state index in [4.69, 9.17) is 18.9 Å². The number of hydrogen-bond donors (Lipinski definition) is 0. The SMILES string of the molecule is CCOc1cc(C=C(C#N)c2ccccc2)ccc1OCCOc1ccccc1OC. The van der Waals surface area contributed by atoms with E-state index in [-0.39, 0.29) is 0 Å². The predicted octanol–water partition coefficient (Wildman–Crippen LogP) is 5.62. The molecule has 0 spiro atoms. The minimum atomic E-state index is 0.348. The maximum Gasteiger partial charge on any atom is 0.161 e. The van der Waals surface area contributed by atoms with Crippen LogP contribution in [-0.2, 0) is 0 Å². The third-order valence-electron chi connectivity index (χ3n) is 4.45. The lowest BCUT2D eigenvalue weighted by atomic mass is 10.0. The summed E-state index contributed by atoms with van der Waals surface area (Å²) in [6.07, 6.45) is 1.84. The Morgan fingerprint density at radius 2 is 1.45 bits per heavy atom. The summed E-state index contributed by atoms with van der Waals surface area (Å²) in [5.74, 6) is 2.60. The maximum absolute atomic E-state index is 9.55. The molecule has 0 heterocycles. The number of nitrogens with zero attached hydrogens (tertiary/aromatic N) is 1. The lowest BCUT2D eigenvalue weighted by molar-refractivity contribution is 0.203. The van der Waals surface area contributed by atoms with E-state index in [1.807, 2.05) is 85.8 Å². The van der Waals surface area contributed by atoms with Gasteiger partial charge < -0.3 is 18.9 Å². The first-order chi connectivity index (χ1) is 15.2. The van der Waals surface area contributed by atoms with Gasteiger partial charge in [-0.15, -0.1) is 0 Å². The molecule has 3 aromatic carbocycles. The summed E-state index contributed by atoms with van der Waals surface area (Å²) >= 11 is 0. The van der Waals surface area contributed by atoms with Gasteiger partial charge in [-0.2, -0.15) is 5.26 Å². The first-order valence-electron chi connectivity index (χ1n) is 10.1. The van der Waals surface area contributed by atoms with Gasteiger partial charge in [0.15, 0.2) is 23.0 Å². The summed E-state index contributed by atoms with van der Waals surface area (Å²) < 4.78 is 22.7. The number of methoxy groups -OCH3 is 1. The van der Waals surface area contributed by atoms with Crippen LogP contribution in [0, 0.1) is 11.3 Å². The van der Waals surface area contributed by atoms with Crippen LogP contribution in [0.3, 0.4) is 0 Å². The van der Waals surface area contributed by atoms with Crippen molar-refractivity contribution in [1.82, 2.24) is 0 Å². The fourth-order valence-corrected chi connectivity index (χ4v) is 3.01. The lowest BCUT2D eigenvalue weighted by Gasteiger charge is -2.14. The number of para-hydroxylation sites is 2. The van der Waals surface area contributed by atoms with Crippen molar-refractivity contribution in [1.29, 1.82) is 5.26 Å². The van der Waals surface area contributed by atoms with Crippen molar-refractivity contribution in [2.75, 3.05) is 26.9 Å². The van der Waals surface area contributed by atoms with E-state index in [2.05, 4.69) is 6.07 Å². The van der Waals surface area contributed by atoms with E-state index in [0.29, 0.717) is 48.4 Å². The van der Waals surface area contributed by atoms with E-state index in [0.717, 1.165) is 11.1 Å². The Morgan fingerprint density at radius 1 is 0.806 bits per heavy atom. The van der Waals surface area contributed by atoms with Crippen molar-refractivity contribution in [3.8, 4) is 29.1 Å². The fraction of sp³-hybridized carbons (Fsp3) is 0.192. The third kappa shape index (κ3) is 6.03. The minimum Gasteiger partial charge on any atom is -0.493 e. The van der Waals surface area contributed by atoms with E-state index >= 15 is 0 Å². The quantitative estimate of drug-likeness (QED) is 0.244. The molecule has 3 rings (SSSR count). The number of allylic oxidation sites excluding steroid dienone is 1. The summed E-state index contributed by atoms with van der Waals surface area (Å²) in [5, 5.41) is 9.55. The molecule has 0 aromatic heterocycles. The lowest BCUT2D eigenvalue weighted by Crippen LogP contribution is -2.10. The molecule has 158 valence electrons. The molecule has 0 unspecified atom stereocenters. The van der Waals surface area contributed by atoms with Crippen LogP contribution >= 0.6 is 0 Å². The molecular weight excluding hydrogens is 390 g/mol. The molecule has 0 aliphatic rings. The topological polar surface area (TPSA) is 60.7 Å². The smallest absolute Gasteiger partial charge is 0.161 e. The van der Waals surface area contributed by atoms with Gasteiger partial charge in [-0.3, -0.25) is 0 Å². The van der Waals surface area contributed by atoms with Gasteiger partial charge in [-0.25, -0.2) is 0 Å². The molecule has 5 heteroatoms. The van der Waals surface area contributed by atoms with Gasteiger partial charge in [-0.05, 0) is 48.4 Å². The van der Waals surface area contributed by atoms with Crippen LogP contribution in [0.2, 0.25) is 0 Å². The standard InChI is InChI=1S/C26H25NO4/c1-3-29-26-18-20(17-22(19-27)21-9-5-4-6-10-21)13-14-25(26)31-16-15-30-24-12-8-7-11-23(24)28-2/h4-14,17-18H,3,15-16H2,1-2H3. The number of benzene rings is 3. The van der Waals surface area contributed by atoms with Crippen molar-refractivity contribution in [2.24, 2.45) is 0 Å². The van der Waals surface area contributed by atoms with Crippen LogP contribution in [0.25, 0.3) is 11.6 Å². The molecule has 5 nitrogen and oxygen atoms in total. The second-order valence-electron chi connectivity index (χ2n) is 6.52. The molecule has 0 bridgehead atoms. The summed E-state index contributed by atoms with van der Waals surface area (Å²) in [4.78, 5) is 0. The molecule has 0 fully saturated rings. The van der Waals surface area contributed by atoms with Gasteiger partial charge >= 0.3 is 0 Å². The summed E-state index contributed by atoms with van der Waals surface area (Å²) in [7, 11) is 1.61. The Morgan fingerprint density at radius 3 is 2.10 bits per heavy atom. The molecule has 0 saturated carbocycles. The van der Waals surface area contributed by atoms with Crippen molar-refractivity contribution < 1.29 is 18.9 Å². The van der Waals surface area contributed by atoms with Crippen LogP contribution in [0.5, 0.6) is 23.0 Å². The van der Waals surface area contributed by atoms with Crippen LogP contribution < -0.4 is 18.9 Å². The Hall–Kier alpha value is -3.91. The summed E-state index contributed by atoms with van der Waals surface area (Å²) in [6, 6.07) is 24.9. The van der Waals surface area contributed by atoms with Gasteiger partial charge in [0.2, 0.25) is 0 Å². The molecule has 0 amide bonds. The largest absolute Gasteiger partial charge is 0.493 e. The molecule has 31 heavy (non-hydrogen) atoms. The van der Waals surface area contributed by atoms with Crippen LogP contribution in [-0.4, -0.2) is 26.9 Å². The second kappa shape index (κ2) is 11.3. The van der Waals surface area contributed by atoms with Crippen molar-refractivity contribution in [3.05, 3.63) is 83.9 Å². The van der Waals surface area contributed by atoms with Gasteiger partial charge in [0.05, 0.1) is 25.4 Å². The third-order valence-corrected chi connectivity index (χ3v) is 4.45. The normalized spacial score (nSPS) is 10.8. The zero-order chi connectivity index (χ0) is 21.9. The van der Waals surface area contributed by atoms with Gasteiger partial charge in [0.25, 0.3) is 0 Å². The Kier molecular flexibility index (Phi) is 7.96. The molecule has 3 aromatic rings. The maximum atomic E-state index is 9.55. The van der Waals surface area contributed by atoms with E-state index in [1.54, 1.807) is 7.11 Å². The Labute approximate surface area is 183 Å². The zero-order valence-electron chi connectivity index (χ0n) is 17.7. The molecule has 0 N–H and O–H groups in total. The molecule has 0 radical (unpaired) electrons. The molecule has 0 atom stereocenters. The summed E-state index contributed by atoms with van der Waals surface area (Å²) in [5.41, 5.74) is 2.32. The zero-order valence-corrected chi connectivity index (χ0v) is 17.7. The highest BCUT2D eigenvalue weighted by atomic mass is 16.5. The molecule has 0 aliphatic carbocycles. The number of nitriles is 1. The molecule has 0 saturated heterocycles. The van der Waals surface area contributed by atoms with Crippen LogP contribution in [0.15, 0.2) is 72.8 Å². The molecule has 0 aliphatic heterocycles. The first-order valence-corrected chi connectivity index (χ1v) is 10.1. The number of hydrogen-bond acceptors (Lipinski definition) is 5. The highest BCUT2D eigenvalue weighted by Crippen LogP contribution is 2.31. The fourth-order valence-electron chi connectivity index (χ4n) is 3.01. The summed E-state index contributed by atoms with van der Waals surface area (Å²) in [6.45, 7) is 3.13. The first kappa shape index (κ1) is 21.8. The number of rotatable bonds is 10. The average Bonchev–Trinajstić information content (AvgIpc) is 2.82. The highest BCUT2D eigenvalue weighted by molar-refractivity contribution is 5.89. The number of ether oxygens (including phenoxy) is 4. The van der Waals surface area contributed by atoms with Gasteiger partial charge in [-0.1, -0.05) is 48.5 Å². The van der Waals surface area contributed by atoms with Crippen molar-refractivity contribution in [2.45, 2.75) is 6.92 Å². The van der Waals surface area contributed by atoms with E-state index < -0.39 is 0 Å². The van der Waals surface area contributed by atoms with E-state index in [9.17, 15) is 5.26 Å². The molecular formula is C26H25NO4. The minimum absolute atomic E-state index is 0.348. The Balaban J connectivity index is 1.69. The van der Waals surface area contributed by atoms with Crippen LogP contribution in [0.1, 0.15) is 18.1 Å². The van der Waals surface area contributed by atoms with E-state index in [1.165, 1.54) is 0 Å². The van der Waals surface area contributed by atoms with Crippen molar-refractivity contribution >= 4 is 11.6 Å². The highest BCUT2D eigenvalue weighted by Gasteiger charge is 2.08. The van der Waals surface area contributed by atoms with Gasteiger partial charge in [0, 0.05) is 0 Å². The average molecular weight is 415 g/mol.